The Morgan fingerprint density at radius 1 is 0.953 bits per heavy atom. The summed E-state index contributed by atoms with van der Waals surface area (Å²) < 4.78 is 41.1. The molecule has 3 aromatic carbocycles. The summed E-state index contributed by atoms with van der Waals surface area (Å²) >= 11 is 5.33. The number of nitrogens with one attached hydrogen (secondary N) is 4. The van der Waals surface area contributed by atoms with Crippen molar-refractivity contribution in [3.8, 4) is 5.75 Å². The number of nitrogens with zero attached hydrogens (tertiary/aromatic N) is 2. The van der Waals surface area contributed by atoms with Crippen molar-refractivity contribution in [1.82, 2.24) is 16.2 Å². The number of hydrazine groups is 2. The molecule has 4 N–H and O–H groups in total. The molecule has 0 atom stereocenters. The van der Waals surface area contributed by atoms with Crippen LogP contribution >= 0.6 is 12.2 Å². The fourth-order valence-corrected chi connectivity index (χ4v) is 4.68. The quantitative estimate of drug-likeness (QED) is 0.142. The Hall–Kier alpha value is -4.29. The zero-order valence-electron chi connectivity index (χ0n) is 24.2. The number of halogens is 3. The lowest BCUT2D eigenvalue weighted by Crippen LogP contribution is -2.42. The number of carbonyl (C=O) groups is 1. The van der Waals surface area contributed by atoms with Crippen LogP contribution in [0.25, 0.3) is 0 Å². The van der Waals surface area contributed by atoms with E-state index in [-0.39, 0.29) is 16.9 Å². The number of hydrogen-bond donors (Lipinski definition) is 4. The zero-order chi connectivity index (χ0) is 31.0. The molecule has 0 spiro atoms. The molecular formula is C31H35F3N6O2S. The van der Waals surface area contributed by atoms with Crippen LogP contribution < -0.4 is 36.2 Å². The van der Waals surface area contributed by atoms with Crippen LogP contribution in [-0.2, 0) is 6.42 Å². The third-order valence-electron chi connectivity index (χ3n) is 6.63. The van der Waals surface area contributed by atoms with Gasteiger partial charge in [-0.05, 0) is 103 Å². The maximum absolute atomic E-state index is 12.4. The zero-order valence-corrected chi connectivity index (χ0v) is 25.0. The number of hydrogen-bond acceptors (Lipinski definition) is 6. The molecule has 8 nitrogen and oxygen atoms in total. The van der Waals surface area contributed by atoms with Gasteiger partial charge in [-0.15, -0.1) is 18.7 Å². The number of thiocarbonyl (C=S) groups is 1. The topological polar surface area (TPSA) is 80.9 Å². The number of rotatable bonds is 10. The van der Waals surface area contributed by atoms with Gasteiger partial charge in [0.15, 0.2) is 5.11 Å². The summed E-state index contributed by atoms with van der Waals surface area (Å²) in [4.78, 5) is 12.3. The highest BCUT2D eigenvalue weighted by Crippen LogP contribution is 2.27. The molecule has 0 bridgehead atoms. The van der Waals surface area contributed by atoms with Crippen molar-refractivity contribution in [2.24, 2.45) is 0 Å². The summed E-state index contributed by atoms with van der Waals surface area (Å²) in [5.74, 6) is 0.0425. The minimum atomic E-state index is -4.73. The first-order valence-electron chi connectivity index (χ1n) is 13.9. The second-order valence-electron chi connectivity index (χ2n) is 10.4. The van der Waals surface area contributed by atoms with Crippen LogP contribution in [0.5, 0.6) is 5.75 Å². The van der Waals surface area contributed by atoms with E-state index in [9.17, 15) is 18.0 Å². The molecule has 2 amide bonds. The third kappa shape index (κ3) is 9.62. The van der Waals surface area contributed by atoms with Gasteiger partial charge in [0.05, 0.1) is 11.4 Å². The van der Waals surface area contributed by atoms with Gasteiger partial charge in [0.1, 0.15) is 5.75 Å². The first kappa shape index (κ1) is 31.6. The average molecular weight is 613 g/mol. The molecule has 0 fully saturated rings. The van der Waals surface area contributed by atoms with E-state index in [1.807, 2.05) is 43.5 Å². The van der Waals surface area contributed by atoms with Gasteiger partial charge in [-0.2, -0.15) is 0 Å². The van der Waals surface area contributed by atoms with E-state index in [1.165, 1.54) is 24.3 Å². The van der Waals surface area contributed by atoms with Gasteiger partial charge in [0, 0.05) is 24.6 Å². The predicted octanol–water partition coefficient (Wildman–Crippen LogP) is 7.25. The Kier molecular flexibility index (Phi) is 10.5. The number of anilines is 3. The fourth-order valence-electron chi connectivity index (χ4n) is 4.47. The molecule has 0 radical (unpaired) electrons. The van der Waals surface area contributed by atoms with Crippen molar-refractivity contribution in [2.75, 3.05) is 21.9 Å². The van der Waals surface area contributed by atoms with E-state index in [1.54, 1.807) is 16.2 Å². The Morgan fingerprint density at radius 3 is 2.19 bits per heavy atom. The second kappa shape index (κ2) is 14.3. The van der Waals surface area contributed by atoms with Crippen LogP contribution in [0.2, 0.25) is 0 Å². The van der Waals surface area contributed by atoms with E-state index < -0.39 is 6.36 Å². The Bertz CT molecular complexity index is 1430. The number of amides is 2. The Balaban J connectivity index is 1.14. The largest absolute Gasteiger partial charge is 0.573 e. The SMILES string of the molecule is Cc1ccc(C(C)C)c(NC(=S)NC(=O)NCCCCc2ccc(N3C=CN(c4ccc(OC(F)(F)F)cc4)N3)cc2)c1. The van der Waals surface area contributed by atoms with Crippen LogP contribution in [0, 0.1) is 6.92 Å². The summed E-state index contributed by atoms with van der Waals surface area (Å²) in [7, 11) is 0. The Labute approximate surface area is 254 Å². The number of aryl methyl sites for hydroxylation is 2. The highest BCUT2D eigenvalue weighted by molar-refractivity contribution is 7.80. The molecule has 3 aromatic rings. The maximum atomic E-state index is 12.4. The molecule has 0 aromatic heterocycles. The Morgan fingerprint density at radius 2 is 1.58 bits per heavy atom. The number of urea groups is 1. The average Bonchev–Trinajstić information content (AvgIpc) is 3.43. The maximum Gasteiger partial charge on any atom is 0.573 e. The molecule has 0 aliphatic carbocycles. The smallest absolute Gasteiger partial charge is 0.406 e. The molecule has 1 aliphatic rings. The van der Waals surface area contributed by atoms with Crippen LogP contribution in [0.4, 0.5) is 35.0 Å². The van der Waals surface area contributed by atoms with Crippen LogP contribution in [0.1, 0.15) is 49.3 Å². The predicted molar refractivity (Wildman–Crippen MR) is 168 cm³/mol. The second-order valence-corrected chi connectivity index (χ2v) is 10.8. The first-order valence-corrected chi connectivity index (χ1v) is 14.3. The van der Waals surface area contributed by atoms with Crippen molar-refractivity contribution in [2.45, 2.75) is 52.3 Å². The lowest BCUT2D eigenvalue weighted by molar-refractivity contribution is -0.274. The lowest BCUT2D eigenvalue weighted by atomic mass is 9.99. The van der Waals surface area contributed by atoms with Crippen molar-refractivity contribution in [1.29, 1.82) is 0 Å². The molecule has 4 rings (SSSR count). The highest BCUT2D eigenvalue weighted by atomic mass is 32.1. The van der Waals surface area contributed by atoms with E-state index in [0.29, 0.717) is 18.2 Å². The highest BCUT2D eigenvalue weighted by Gasteiger charge is 2.31. The molecule has 0 saturated heterocycles. The normalized spacial score (nSPS) is 12.9. The van der Waals surface area contributed by atoms with Crippen LogP contribution in [-0.4, -0.2) is 24.1 Å². The van der Waals surface area contributed by atoms with Crippen molar-refractivity contribution >= 4 is 40.4 Å². The molecule has 0 saturated carbocycles. The molecular weight excluding hydrogens is 577 g/mol. The van der Waals surface area contributed by atoms with E-state index in [0.717, 1.165) is 47.3 Å². The van der Waals surface area contributed by atoms with Gasteiger partial charge in [-0.3, -0.25) is 15.3 Å². The van der Waals surface area contributed by atoms with Gasteiger partial charge >= 0.3 is 12.4 Å². The monoisotopic (exact) mass is 612 g/mol. The molecule has 0 unspecified atom stereocenters. The van der Waals surface area contributed by atoms with E-state index >= 15 is 0 Å². The van der Waals surface area contributed by atoms with Crippen molar-refractivity contribution in [3.05, 3.63) is 95.8 Å². The van der Waals surface area contributed by atoms with Crippen molar-refractivity contribution < 1.29 is 22.7 Å². The van der Waals surface area contributed by atoms with Crippen molar-refractivity contribution in [3.63, 3.8) is 0 Å². The molecule has 43 heavy (non-hydrogen) atoms. The summed E-state index contributed by atoms with van der Waals surface area (Å²) in [5, 5.41) is 12.4. The number of unbranched alkanes of at least 4 members (excludes halogenated alkanes) is 1. The summed E-state index contributed by atoms with van der Waals surface area (Å²) in [6.07, 6.45) is 1.42. The molecule has 12 heteroatoms. The molecule has 228 valence electrons. The standard InChI is InChI=1S/C31H35F3N6O2S/c1-21(2)27-16-7-22(3)20-28(27)36-30(43)37-29(41)35-17-5-4-6-23-8-10-24(11-9-23)39-18-19-40(38-39)25-12-14-26(15-13-25)42-31(32,33)34/h7-16,18-21,38H,4-6,17H2,1-3H3,(H3,35,36,37,41,43). The summed E-state index contributed by atoms with van der Waals surface area (Å²) in [6, 6.07) is 19.4. The van der Waals surface area contributed by atoms with Gasteiger partial charge in [0.25, 0.3) is 0 Å². The van der Waals surface area contributed by atoms with Crippen LogP contribution in [0.3, 0.4) is 0 Å². The minimum Gasteiger partial charge on any atom is -0.406 e. The number of alkyl halides is 3. The van der Waals surface area contributed by atoms with Gasteiger partial charge in [-0.1, -0.05) is 38.1 Å². The first-order chi connectivity index (χ1) is 20.5. The minimum absolute atomic E-state index is 0.254. The van der Waals surface area contributed by atoms with Gasteiger partial charge in [-0.25, -0.2) is 4.79 Å². The lowest BCUT2D eigenvalue weighted by Gasteiger charge is -2.23. The summed E-state index contributed by atoms with van der Waals surface area (Å²) in [6.45, 7) is 6.75. The summed E-state index contributed by atoms with van der Waals surface area (Å²) in [5.41, 5.74) is 9.00. The number of benzene rings is 3. The fraction of sp³-hybridized carbons (Fsp3) is 0.290. The molecule has 1 aliphatic heterocycles. The number of ether oxygens (including phenoxy) is 1. The molecule has 1 heterocycles. The van der Waals surface area contributed by atoms with Gasteiger partial charge in [0.2, 0.25) is 0 Å². The van der Waals surface area contributed by atoms with Gasteiger partial charge < -0.3 is 15.4 Å². The number of carbonyl (C=O) groups excluding carboxylic acids is 1. The van der Waals surface area contributed by atoms with Crippen LogP contribution in [0.15, 0.2) is 79.1 Å². The van der Waals surface area contributed by atoms with E-state index in [2.05, 4.69) is 52.2 Å². The third-order valence-corrected chi connectivity index (χ3v) is 6.83. The van der Waals surface area contributed by atoms with E-state index in [4.69, 9.17) is 12.2 Å².